The summed E-state index contributed by atoms with van der Waals surface area (Å²) in [6, 6.07) is 15.0. The molecule has 0 bridgehead atoms. The van der Waals surface area contributed by atoms with Crippen LogP contribution < -0.4 is 19.5 Å². The predicted octanol–water partition coefficient (Wildman–Crippen LogP) is 5.76. The van der Waals surface area contributed by atoms with Crippen LogP contribution in [0.15, 0.2) is 59.1 Å². The average molecular weight is 531 g/mol. The zero-order chi connectivity index (χ0) is 24.3. The van der Waals surface area contributed by atoms with E-state index in [0.717, 1.165) is 0 Å². The molecule has 0 saturated carbocycles. The third kappa shape index (κ3) is 4.23. The van der Waals surface area contributed by atoms with Crippen LogP contribution in [0.3, 0.4) is 0 Å². The molecule has 0 saturated heterocycles. The van der Waals surface area contributed by atoms with Gasteiger partial charge in [-0.15, -0.1) is 0 Å². The Bertz CT molecular complexity index is 1250. The molecule has 8 heteroatoms. The minimum Gasteiger partial charge on any atom is -0.495 e. The first-order valence-corrected chi connectivity index (χ1v) is 12.5. The van der Waals surface area contributed by atoms with E-state index in [9.17, 15) is 14.2 Å². The lowest BCUT2D eigenvalue weighted by atomic mass is 10.0. The first-order chi connectivity index (χ1) is 15.7. The summed E-state index contributed by atoms with van der Waals surface area (Å²) in [5, 5.41) is 0.130. The largest absolute Gasteiger partial charge is 0.495 e. The summed E-state index contributed by atoms with van der Waals surface area (Å²) in [6.45, 7) is 3.51. The molecule has 3 aromatic rings. The Morgan fingerprint density at radius 1 is 0.758 bits per heavy atom. The fourth-order valence-corrected chi connectivity index (χ4v) is 6.77. The van der Waals surface area contributed by atoms with Gasteiger partial charge in [-0.2, -0.15) is 0 Å². The number of hydrogen-bond donors (Lipinski definition) is 0. The van der Waals surface area contributed by atoms with Crippen LogP contribution in [0.25, 0.3) is 0 Å². The van der Waals surface area contributed by atoms with Gasteiger partial charge in [-0.05, 0) is 40.9 Å². The maximum atomic E-state index is 14.7. The van der Waals surface area contributed by atoms with E-state index in [1.165, 1.54) is 33.5 Å². The lowest BCUT2D eigenvalue weighted by Crippen LogP contribution is -2.22. The van der Waals surface area contributed by atoms with Crippen LogP contribution in [0.2, 0.25) is 0 Å². The highest BCUT2D eigenvalue weighted by Crippen LogP contribution is 2.56. The van der Waals surface area contributed by atoms with E-state index in [0.29, 0.717) is 15.6 Å². The molecule has 33 heavy (non-hydrogen) atoms. The Morgan fingerprint density at radius 2 is 1.30 bits per heavy atom. The molecule has 0 fully saturated rings. The highest BCUT2D eigenvalue weighted by Gasteiger charge is 2.46. The fourth-order valence-electron chi connectivity index (χ4n) is 3.77. The number of carbonyl (C=O) groups is 2. The van der Waals surface area contributed by atoms with E-state index in [1.54, 1.807) is 50.2 Å². The van der Waals surface area contributed by atoms with Crippen molar-refractivity contribution in [2.45, 2.75) is 13.8 Å². The molecule has 0 amide bonds. The minimum atomic E-state index is -4.40. The highest BCUT2D eigenvalue weighted by atomic mass is 79.9. The van der Waals surface area contributed by atoms with Gasteiger partial charge < -0.3 is 18.8 Å². The first kappa shape index (κ1) is 24.7. The van der Waals surface area contributed by atoms with Crippen LogP contribution in [0.5, 0.6) is 17.2 Å². The molecule has 0 spiro atoms. The Labute approximate surface area is 201 Å². The molecule has 0 aliphatic rings. The second-order valence-corrected chi connectivity index (χ2v) is 10.7. The Balaban J connectivity index is 2.40. The monoisotopic (exact) mass is 530 g/mol. The molecule has 1 atom stereocenters. The smallest absolute Gasteiger partial charge is 0.249 e. The molecular weight excluding hydrogens is 507 g/mol. The van der Waals surface area contributed by atoms with Crippen LogP contribution in [0.1, 0.15) is 31.8 Å². The first-order valence-electron chi connectivity index (χ1n) is 10.0. The van der Waals surface area contributed by atoms with Gasteiger partial charge >= 0.3 is 0 Å². The summed E-state index contributed by atoms with van der Waals surface area (Å²) in [4.78, 5) is 28.1. The lowest BCUT2D eigenvalue weighted by Gasteiger charge is -2.22. The molecule has 0 aromatic heterocycles. The number of rotatable bonds is 8. The van der Waals surface area contributed by atoms with Gasteiger partial charge in [-0.25, -0.2) is 0 Å². The summed E-state index contributed by atoms with van der Waals surface area (Å²) in [5.74, 6) is 0.365. The molecular formula is C25H24BrO6P. The van der Waals surface area contributed by atoms with Gasteiger partial charge in [0.25, 0.3) is 0 Å². The molecule has 1 unspecified atom stereocenters. The van der Waals surface area contributed by atoms with Crippen LogP contribution in [0, 0.1) is 13.8 Å². The van der Waals surface area contributed by atoms with Crippen LogP contribution in [0.4, 0.5) is 0 Å². The normalized spacial score (nSPS) is 12.5. The topological polar surface area (TPSA) is 78.9 Å². The van der Waals surface area contributed by atoms with E-state index in [-0.39, 0.29) is 33.7 Å². The number of methoxy groups -OCH3 is 3. The third-order valence-electron chi connectivity index (χ3n) is 5.38. The predicted molar refractivity (Wildman–Crippen MR) is 132 cm³/mol. The quantitative estimate of drug-likeness (QED) is 0.344. The summed E-state index contributed by atoms with van der Waals surface area (Å²) < 4.78 is 31.4. The maximum absolute atomic E-state index is 14.7. The molecule has 0 radical (unpaired) electrons. The van der Waals surface area contributed by atoms with Crippen molar-refractivity contribution in [3.63, 3.8) is 0 Å². The number of ether oxygens (including phenoxy) is 3. The Hall–Kier alpha value is -2.89. The second-order valence-electron chi connectivity index (χ2n) is 7.32. The number of carbonyl (C=O) groups excluding carboxylic acids is 2. The zero-order valence-electron chi connectivity index (χ0n) is 19.0. The zero-order valence-corrected chi connectivity index (χ0v) is 21.5. The average Bonchev–Trinajstić information content (AvgIpc) is 2.82. The van der Waals surface area contributed by atoms with Crippen molar-refractivity contribution in [3.8, 4) is 17.2 Å². The molecule has 0 N–H and O–H groups in total. The van der Waals surface area contributed by atoms with Crippen molar-refractivity contribution in [2.75, 3.05) is 21.3 Å². The van der Waals surface area contributed by atoms with Crippen molar-refractivity contribution < 1.29 is 28.4 Å². The second kappa shape index (κ2) is 9.94. The minimum absolute atomic E-state index is 0.0352. The molecule has 3 aromatic carbocycles. The van der Waals surface area contributed by atoms with Crippen LogP contribution in [-0.4, -0.2) is 32.4 Å². The van der Waals surface area contributed by atoms with Gasteiger partial charge in [0, 0.05) is 16.9 Å². The Morgan fingerprint density at radius 3 is 1.82 bits per heavy atom. The van der Waals surface area contributed by atoms with Gasteiger partial charge in [-0.1, -0.05) is 48.5 Å². The van der Waals surface area contributed by atoms with E-state index >= 15 is 0 Å². The molecule has 3 rings (SSSR count). The van der Waals surface area contributed by atoms with Gasteiger partial charge in [0.15, 0.2) is 11.5 Å². The number of benzene rings is 3. The van der Waals surface area contributed by atoms with Gasteiger partial charge in [-0.3, -0.25) is 9.59 Å². The summed E-state index contributed by atoms with van der Waals surface area (Å²) >= 11 is 3.37. The summed E-state index contributed by atoms with van der Waals surface area (Å²) in [5.41, 5.74) is -0.229. The SMILES string of the molecule is COc1cc(Br)c(OC)c(C(=O)P(=O)(C(=O)c2c(C)cccc2C)c2ccccc2)c1OC. The van der Waals surface area contributed by atoms with Crippen LogP contribution >= 0.6 is 23.1 Å². The third-order valence-corrected chi connectivity index (χ3v) is 8.59. The van der Waals surface area contributed by atoms with Gasteiger partial charge in [0.05, 0.1) is 25.8 Å². The number of hydrogen-bond acceptors (Lipinski definition) is 6. The van der Waals surface area contributed by atoms with Crippen LogP contribution in [-0.2, 0) is 4.57 Å². The highest BCUT2D eigenvalue weighted by molar-refractivity contribution is 9.10. The summed E-state index contributed by atoms with van der Waals surface area (Å²) in [6.07, 6.45) is 0. The fraction of sp³-hybridized carbons (Fsp3) is 0.200. The van der Waals surface area contributed by atoms with E-state index < -0.39 is 18.2 Å². The van der Waals surface area contributed by atoms with Gasteiger partial charge in [0.1, 0.15) is 11.3 Å². The molecule has 0 heterocycles. The standard InChI is InChI=1S/C25H24BrO6P/c1-15-10-9-11-16(2)20(15)24(27)33(29,17-12-7-6-8-13-17)25(28)21-22(31-4)18(26)14-19(30-3)23(21)32-5/h6-14H,1-5H3. The van der Waals surface area contributed by atoms with E-state index in [4.69, 9.17) is 14.2 Å². The summed E-state index contributed by atoms with van der Waals surface area (Å²) in [7, 11) is -0.233. The molecule has 0 aliphatic heterocycles. The lowest BCUT2D eigenvalue weighted by molar-refractivity contribution is 0.103. The number of halogens is 1. The molecule has 172 valence electrons. The van der Waals surface area contributed by atoms with Crippen molar-refractivity contribution in [3.05, 3.63) is 81.3 Å². The van der Waals surface area contributed by atoms with Crippen molar-refractivity contribution >= 4 is 39.4 Å². The van der Waals surface area contributed by atoms with Gasteiger partial charge in [0.2, 0.25) is 18.2 Å². The maximum Gasteiger partial charge on any atom is 0.249 e. The van der Waals surface area contributed by atoms with Crippen molar-refractivity contribution in [1.29, 1.82) is 0 Å². The number of aryl methyl sites for hydroxylation is 2. The van der Waals surface area contributed by atoms with E-state index in [2.05, 4.69) is 15.9 Å². The molecule has 0 aliphatic carbocycles. The Kier molecular flexibility index (Phi) is 7.45. The molecule has 6 nitrogen and oxygen atoms in total. The van der Waals surface area contributed by atoms with Crippen molar-refractivity contribution in [1.82, 2.24) is 0 Å². The van der Waals surface area contributed by atoms with E-state index in [1.807, 2.05) is 6.07 Å². The van der Waals surface area contributed by atoms with Crippen molar-refractivity contribution in [2.24, 2.45) is 0 Å².